The second kappa shape index (κ2) is 8.38. The predicted octanol–water partition coefficient (Wildman–Crippen LogP) is 2.31. The van der Waals surface area contributed by atoms with Gasteiger partial charge in [-0.25, -0.2) is 4.79 Å². The summed E-state index contributed by atoms with van der Waals surface area (Å²) in [6, 6.07) is 8.76. The van der Waals surface area contributed by atoms with E-state index in [0.29, 0.717) is 24.5 Å². The maximum atomic E-state index is 11.3. The lowest BCUT2D eigenvalue weighted by Crippen LogP contribution is -2.04. The van der Waals surface area contributed by atoms with Crippen molar-refractivity contribution >= 4 is 12.0 Å². The maximum absolute atomic E-state index is 11.3. The Morgan fingerprint density at radius 1 is 1.35 bits per heavy atom. The second-order valence-corrected chi connectivity index (χ2v) is 3.62. The lowest BCUT2D eigenvalue weighted by Gasteiger charge is -2.06. The van der Waals surface area contributed by atoms with Crippen molar-refractivity contribution in [3.05, 3.63) is 48.2 Å². The molecule has 20 heavy (non-hydrogen) atoms. The van der Waals surface area contributed by atoms with Gasteiger partial charge in [-0.1, -0.05) is 18.7 Å². The molecule has 0 heterocycles. The summed E-state index contributed by atoms with van der Waals surface area (Å²) in [5.74, 6) is 0.0146. The number of nitriles is 1. The van der Waals surface area contributed by atoms with Crippen molar-refractivity contribution in [2.45, 2.75) is 0 Å². The number of hydrogen-bond acceptors (Lipinski definition) is 5. The highest BCUT2D eigenvalue weighted by Crippen LogP contribution is 2.14. The van der Waals surface area contributed by atoms with Gasteiger partial charge < -0.3 is 14.2 Å². The summed E-state index contributed by atoms with van der Waals surface area (Å²) in [5.41, 5.74) is 0.655. The average Bonchev–Trinajstić information content (AvgIpc) is 2.49. The molecule has 0 unspecified atom stereocenters. The highest BCUT2D eigenvalue weighted by molar-refractivity contribution is 5.97. The first-order valence-corrected chi connectivity index (χ1v) is 5.86. The third-order valence-electron chi connectivity index (χ3n) is 2.30. The van der Waals surface area contributed by atoms with Crippen LogP contribution in [0.25, 0.3) is 6.08 Å². The Labute approximate surface area is 117 Å². The Hall–Kier alpha value is -2.74. The number of ether oxygens (including phenoxy) is 3. The summed E-state index contributed by atoms with van der Waals surface area (Å²) in [6.07, 6.45) is 2.81. The Balaban J connectivity index is 2.66. The van der Waals surface area contributed by atoms with E-state index >= 15 is 0 Å². The molecule has 1 aromatic rings. The standard InChI is InChI=1S/C15H15NO4/c1-3-19-8-9-20-14-6-4-12(5-7-14)10-13(11-16)15(17)18-2/h3-7,10H,1,8-9H2,2H3/b13-10+. The average molecular weight is 273 g/mol. The molecule has 0 radical (unpaired) electrons. The third kappa shape index (κ3) is 4.86. The zero-order valence-corrected chi connectivity index (χ0v) is 11.2. The van der Waals surface area contributed by atoms with Gasteiger partial charge >= 0.3 is 5.97 Å². The van der Waals surface area contributed by atoms with E-state index in [4.69, 9.17) is 14.7 Å². The Morgan fingerprint density at radius 2 is 2.05 bits per heavy atom. The molecular formula is C15H15NO4. The summed E-state index contributed by atoms with van der Waals surface area (Å²) >= 11 is 0. The van der Waals surface area contributed by atoms with Gasteiger partial charge in [0.2, 0.25) is 0 Å². The normalized spacial score (nSPS) is 10.3. The van der Waals surface area contributed by atoms with Crippen LogP contribution in [0.2, 0.25) is 0 Å². The van der Waals surface area contributed by atoms with E-state index < -0.39 is 5.97 Å². The molecule has 0 saturated heterocycles. The number of hydrogen-bond donors (Lipinski definition) is 0. The van der Waals surface area contributed by atoms with Crippen molar-refractivity contribution in [2.24, 2.45) is 0 Å². The quantitative estimate of drug-likeness (QED) is 0.251. The van der Waals surface area contributed by atoms with E-state index in [1.54, 1.807) is 30.3 Å². The lowest BCUT2D eigenvalue weighted by molar-refractivity contribution is -0.135. The van der Waals surface area contributed by atoms with Gasteiger partial charge in [-0.3, -0.25) is 0 Å². The van der Waals surface area contributed by atoms with Crippen molar-refractivity contribution in [2.75, 3.05) is 20.3 Å². The zero-order valence-electron chi connectivity index (χ0n) is 11.2. The van der Waals surface area contributed by atoms with Gasteiger partial charge in [0.25, 0.3) is 0 Å². The SMILES string of the molecule is C=COCCOc1ccc(/C=C(\C#N)C(=O)OC)cc1. The maximum Gasteiger partial charge on any atom is 0.348 e. The molecule has 0 saturated carbocycles. The molecule has 104 valence electrons. The van der Waals surface area contributed by atoms with E-state index in [2.05, 4.69) is 11.3 Å². The van der Waals surface area contributed by atoms with Crippen LogP contribution < -0.4 is 4.74 Å². The molecule has 0 aliphatic heterocycles. The van der Waals surface area contributed by atoms with E-state index in [1.807, 2.05) is 0 Å². The highest BCUT2D eigenvalue weighted by atomic mass is 16.5. The van der Waals surface area contributed by atoms with Crippen molar-refractivity contribution in [1.82, 2.24) is 0 Å². The lowest BCUT2D eigenvalue weighted by atomic mass is 10.1. The summed E-state index contributed by atoms with van der Waals surface area (Å²) in [5, 5.41) is 8.84. The molecule has 5 nitrogen and oxygen atoms in total. The van der Waals surface area contributed by atoms with Gasteiger partial charge in [0, 0.05) is 0 Å². The summed E-state index contributed by atoms with van der Waals surface area (Å²) in [7, 11) is 1.23. The van der Waals surface area contributed by atoms with Crippen LogP contribution in [0.15, 0.2) is 42.7 Å². The topological polar surface area (TPSA) is 68.5 Å². The number of benzene rings is 1. The van der Waals surface area contributed by atoms with Gasteiger partial charge in [0.1, 0.15) is 30.6 Å². The largest absolute Gasteiger partial charge is 0.498 e. The molecular weight excluding hydrogens is 258 g/mol. The van der Waals surface area contributed by atoms with E-state index in [0.717, 1.165) is 0 Å². The van der Waals surface area contributed by atoms with Gasteiger partial charge in [-0.15, -0.1) is 0 Å². The van der Waals surface area contributed by atoms with Gasteiger partial charge in [0.15, 0.2) is 0 Å². The fourth-order valence-electron chi connectivity index (χ4n) is 1.36. The van der Waals surface area contributed by atoms with Crippen molar-refractivity contribution in [3.8, 4) is 11.8 Å². The Morgan fingerprint density at radius 3 is 2.60 bits per heavy atom. The molecule has 0 atom stereocenters. The van der Waals surface area contributed by atoms with E-state index in [1.165, 1.54) is 19.4 Å². The van der Waals surface area contributed by atoms with Crippen LogP contribution in [-0.2, 0) is 14.3 Å². The van der Waals surface area contributed by atoms with Crippen molar-refractivity contribution in [3.63, 3.8) is 0 Å². The fraction of sp³-hybridized carbons (Fsp3) is 0.200. The van der Waals surface area contributed by atoms with Crippen LogP contribution >= 0.6 is 0 Å². The third-order valence-corrected chi connectivity index (χ3v) is 2.30. The Bertz CT molecular complexity index is 526. The number of carbonyl (C=O) groups is 1. The summed E-state index contributed by atoms with van der Waals surface area (Å²) < 4.78 is 14.8. The first-order valence-electron chi connectivity index (χ1n) is 5.86. The summed E-state index contributed by atoms with van der Waals surface area (Å²) in [6.45, 7) is 4.26. The van der Waals surface area contributed by atoms with Crippen molar-refractivity contribution < 1.29 is 19.0 Å². The minimum atomic E-state index is -0.658. The minimum Gasteiger partial charge on any atom is -0.498 e. The molecule has 1 rings (SSSR count). The molecule has 0 fully saturated rings. The van der Waals surface area contributed by atoms with Crippen LogP contribution in [0, 0.1) is 11.3 Å². The fourth-order valence-corrected chi connectivity index (χ4v) is 1.36. The predicted molar refractivity (Wildman–Crippen MR) is 73.7 cm³/mol. The number of nitrogens with zero attached hydrogens (tertiary/aromatic N) is 1. The first-order chi connectivity index (χ1) is 9.71. The monoisotopic (exact) mass is 273 g/mol. The molecule has 0 aliphatic carbocycles. The smallest absolute Gasteiger partial charge is 0.348 e. The second-order valence-electron chi connectivity index (χ2n) is 3.62. The molecule has 0 N–H and O–H groups in total. The molecule has 0 aromatic heterocycles. The van der Waals surface area contributed by atoms with Crippen LogP contribution in [0.4, 0.5) is 0 Å². The molecule has 0 spiro atoms. The van der Waals surface area contributed by atoms with Crippen LogP contribution in [-0.4, -0.2) is 26.3 Å². The Kier molecular flexibility index (Phi) is 6.42. The molecule has 1 aromatic carbocycles. The van der Waals surface area contributed by atoms with Gasteiger partial charge in [0.05, 0.1) is 13.4 Å². The van der Waals surface area contributed by atoms with Crippen LogP contribution in [0.3, 0.4) is 0 Å². The van der Waals surface area contributed by atoms with E-state index in [-0.39, 0.29) is 5.57 Å². The van der Waals surface area contributed by atoms with Crippen LogP contribution in [0.1, 0.15) is 5.56 Å². The van der Waals surface area contributed by atoms with Crippen molar-refractivity contribution in [1.29, 1.82) is 5.26 Å². The molecule has 0 amide bonds. The van der Waals surface area contributed by atoms with Gasteiger partial charge in [-0.2, -0.15) is 5.26 Å². The molecule has 0 aliphatic rings. The number of carbonyl (C=O) groups excluding carboxylic acids is 1. The van der Waals surface area contributed by atoms with Gasteiger partial charge in [-0.05, 0) is 23.8 Å². The highest BCUT2D eigenvalue weighted by Gasteiger charge is 2.08. The number of methoxy groups -OCH3 is 1. The number of rotatable bonds is 7. The molecule has 0 bridgehead atoms. The molecule has 5 heteroatoms. The first kappa shape index (κ1) is 15.3. The number of esters is 1. The van der Waals surface area contributed by atoms with E-state index in [9.17, 15) is 4.79 Å². The zero-order chi connectivity index (χ0) is 14.8. The summed E-state index contributed by atoms with van der Waals surface area (Å²) in [4.78, 5) is 11.3. The minimum absolute atomic E-state index is 0.0550. The van der Waals surface area contributed by atoms with Crippen LogP contribution in [0.5, 0.6) is 5.75 Å².